The van der Waals surface area contributed by atoms with Crippen LogP contribution in [0.15, 0.2) is 5.38 Å². The molecule has 0 radical (unpaired) electrons. The van der Waals surface area contributed by atoms with Crippen LogP contribution < -0.4 is 5.73 Å². The van der Waals surface area contributed by atoms with Gasteiger partial charge in [-0.1, -0.05) is 0 Å². The third kappa shape index (κ3) is 2.49. The molecule has 2 nitrogen and oxygen atoms in total. The monoisotopic (exact) mass is 192 g/mol. The van der Waals surface area contributed by atoms with Crippen molar-refractivity contribution in [1.82, 2.24) is 4.98 Å². The smallest absolute Gasteiger partial charge is 0.289 e. The van der Waals surface area contributed by atoms with Gasteiger partial charge in [-0.2, -0.15) is 0 Å². The molecule has 0 bridgehead atoms. The van der Waals surface area contributed by atoms with Gasteiger partial charge in [-0.05, 0) is 6.92 Å². The fourth-order valence-corrected chi connectivity index (χ4v) is 1.53. The predicted molar refractivity (Wildman–Crippen MR) is 44.4 cm³/mol. The van der Waals surface area contributed by atoms with Gasteiger partial charge in [0, 0.05) is 17.8 Å². The summed E-state index contributed by atoms with van der Waals surface area (Å²) in [4.78, 5) is 3.74. The second-order valence-electron chi connectivity index (χ2n) is 2.66. The zero-order valence-corrected chi connectivity index (χ0v) is 7.44. The van der Waals surface area contributed by atoms with Gasteiger partial charge in [-0.15, -0.1) is 11.3 Å². The van der Waals surface area contributed by atoms with Gasteiger partial charge in [0.05, 0.1) is 5.69 Å². The Morgan fingerprint density at radius 2 is 2.33 bits per heavy atom. The lowest BCUT2D eigenvalue weighted by molar-refractivity contribution is 0.150. The lowest BCUT2D eigenvalue weighted by Crippen LogP contribution is -2.17. The van der Waals surface area contributed by atoms with E-state index in [0.717, 1.165) is 11.3 Å². The molecule has 0 aliphatic heterocycles. The van der Waals surface area contributed by atoms with Gasteiger partial charge < -0.3 is 5.73 Å². The number of aromatic nitrogens is 1. The average Bonchev–Trinajstić information content (AvgIpc) is 2.34. The van der Waals surface area contributed by atoms with Crippen LogP contribution in [0.4, 0.5) is 8.78 Å². The maximum Gasteiger partial charge on any atom is 0.289 e. The minimum atomic E-state index is -2.46. The van der Waals surface area contributed by atoms with E-state index in [4.69, 9.17) is 5.73 Å². The molecule has 12 heavy (non-hydrogen) atoms. The number of rotatable bonds is 3. The van der Waals surface area contributed by atoms with E-state index in [2.05, 4.69) is 4.98 Å². The topological polar surface area (TPSA) is 38.9 Å². The standard InChI is InChI=1S/C7H10F2N2S/c1-4(10)2-5-3-12-7(11-5)6(8)9/h3-4,6H,2,10H2,1H3. The number of alkyl halides is 2. The molecule has 0 aliphatic carbocycles. The van der Waals surface area contributed by atoms with Crippen LogP contribution >= 0.6 is 11.3 Å². The number of hydrogen-bond donors (Lipinski definition) is 1. The summed E-state index contributed by atoms with van der Waals surface area (Å²) < 4.78 is 24.1. The van der Waals surface area contributed by atoms with Crippen molar-refractivity contribution < 1.29 is 8.78 Å². The van der Waals surface area contributed by atoms with Crippen LogP contribution in [0.25, 0.3) is 0 Å². The Hall–Kier alpha value is -0.550. The molecule has 1 heterocycles. The molecule has 0 saturated heterocycles. The molecule has 0 amide bonds. The Balaban J connectivity index is 2.64. The molecule has 1 unspecified atom stereocenters. The van der Waals surface area contributed by atoms with Gasteiger partial charge in [0.15, 0.2) is 5.01 Å². The van der Waals surface area contributed by atoms with Crippen molar-refractivity contribution in [3.05, 3.63) is 16.1 Å². The second-order valence-corrected chi connectivity index (χ2v) is 3.55. The maximum atomic E-state index is 12.0. The van der Waals surface area contributed by atoms with Crippen LogP contribution in [0.5, 0.6) is 0 Å². The van der Waals surface area contributed by atoms with Crippen molar-refractivity contribution in [2.45, 2.75) is 25.8 Å². The maximum absolute atomic E-state index is 12.0. The molecule has 1 rings (SSSR count). The fourth-order valence-electron chi connectivity index (χ4n) is 0.847. The molecule has 0 fully saturated rings. The molecular formula is C7H10F2N2S. The normalized spacial score (nSPS) is 13.8. The second kappa shape index (κ2) is 3.91. The van der Waals surface area contributed by atoms with E-state index < -0.39 is 6.43 Å². The van der Waals surface area contributed by atoms with E-state index in [9.17, 15) is 8.78 Å². The fraction of sp³-hybridized carbons (Fsp3) is 0.571. The summed E-state index contributed by atoms with van der Waals surface area (Å²) in [6.45, 7) is 1.82. The first-order valence-corrected chi connectivity index (χ1v) is 4.45. The molecule has 2 N–H and O–H groups in total. The van der Waals surface area contributed by atoms with Crippen LogP contribution in [-0.2, 0) is 6.42 Å². The molecule has 1 aromatic rings. The van der Waals surface area contributed by atoms with Gasteiger partial charge in [0.1, 0.15) is 0 Å². The van der Waals surface area contributed by atoms with Crippen LogP contribution in [-0.4, -0.2) is 11.0 Å². The first kappa shape index (κ1) is 9.54. The molecule has 1 aromatic heterocycles. The Labute approximate surface area is 73.4 Å². The summed E-state index contributed by atoms with van der Waals surface area (Å²) in [7, 11) is 0. The van der Waals surface area contributed by atoms with E-state index in [1.165, 1.54) is 0 Å². The van der Waals surface area contributed by atoms with Crippen molar-refractivity contribution in [2.75, 3.05) is 0 Å². The summed E-state index contributed by atoms with van der Waals surface area (Å²) in [5.41, 5.74) is 6.14. The highest BCUT2D eigenvalue weighted by Crippen LogP contribution is 2.22. The van der Waals surface area contributed by atoms with Crippen molar-refractivity contribution in [1.29, 1.82) is 0 Å². The molecule has 0 saturated carbocycles. The van der Waals surface area contributed by atoms with Gasteiger partial charge >= 0.3 is 0 Å². The Morgan fingerprint density at radius 3 is 2.75 bits per heavy atom. The Morgan fingerprint density at radius 1 is 1.67 bits per heavy atom. The van der Waals surface area contributed by atoms with Crippen molar-refractivity contribution in [2.24, 2.45) is 5.73 Å². The highest BCUT2D eigenvalue weighted by Gasteiger charge is 2.12. The zero-order valence-electron chi connectivity index (χ0n) is 6.63. The first-order chi connectivity index (χ1) is 5.59. The van der Waals surface area contributed by atoms with E-state index in [-0.39, 0.29) is 11.0 Å². The summed E-state index contributed by atoms with van der Waals surface area (Å²) in [5.74, 6) is 0. The SMILES string of the molecule is CC(N)Cc1csc(C(F)F)n1. The lowest BCUT2D eigenvalue weighted by atomic mass is 10.2. The van der Waals surface area contributed by atoms with E-state index >= 15 is 0 Å². The average molecular weight is 192 g/mol. The van der Waals surface area contributed by atoms with Crippen molar-refractivity contribution >= 4 is 11.3 Å². The van der Waals surface area contributed by atoms with Gasteiger partial charge in [-0.25, -0.2) is 13.8 Å². The van der Waals surface area contributed by atoms with Crippen LogP contribution in [0.1, 0.15) is 24.1 Å². The summed E-state index contributed by atoms with van der Waals surface area (Å²) in [6.07, 6.45) is -1.90. The summed E-state index contributed by atoms with van der Waals surface area (Å²) in [6, 6.07) is -0.0300. The molecule has 5 heteroatoms. The molecule has 0 spiro atoms. The number of thiazole rings is 1. The largest absolute Gasteiger partial charge is 0.328 e. The number of halogens is 2. The van der Waals surface area contributed by atoms with Crippen molar-refractivity contribution in [3.8, 4) is 0 Å². The molecule has 1 atom stereocenters. The molecule has 68 valence electrons. The van der Waals surface area contributed by atoms with E-state index in [0.29, 0.717) is 12.1 Å². The molecule has 0 aromatic carbocycles. The third-order valence-corrected chi connectivity index (χ3v) is 2.19. The van der Waals surface area contributed by atoms with Gasteiger partial charge in [0.25, 0.3) is 6.43 Å². The van der Waals surface area contributed by atoms with Gasteiger partial charge in [0.2, 0.25) is 0 Å². The highest BCUT2D eigenvalue weighted by atomic mass is 32.1. The summed E-state index contributed by atoms with van der Waals surface area (Å²) >= 11 is 0.983. The summed E-state index contributed by atoms with van der Waals surface area (Å²) in [5, 5.41) is 1.51. The third-order valence-electron chi connectivity index (χ3n) is 1.29. The van der Waals surface area contributed by atoms with E-state index in [1.807, 2.05) is 6.92 Å². The Bertz CT molecular complexity index is 247. The van der Waals surface area contributed by atoms with Gasteiger partial charge in [-0.3, -0.25) is 0 Å². The molecular weight excluding hydrogens is 182 g/mol. The minimum Gasteiger partial charge on any atom is -0.328 e. The van der Waals surface area contributed by atoms with E-state index in [1.54, 1.807) is 5.38 Å². The molecule has 0 aliphatic rings. The quantitative estimate of drug-likeness (QED) is 0.795. The number of nitrogens with two attached hydrogens (primary N) is 1. The van der Waals surface area contributed by atoms with Crippen molar-refractivity contribution in [3.63, 3.8) is 0 Å². The highest BCUT2D eigenvalue weighted by molar-refractivity contribution is 7.09. The van der Waals surface area contributed by atoms with Crippen LogP contribution in [0.3, 0.4) is 0 Å². The minimum absolute atomic E-state index is 0.0300. The van der Waals surface area contributed by atoms with Crippen LogP contribution in [0, 0.1) is 0 Å². The predicted octanol–water partition coefficient (Wildman–Crippen LogP) is 1.97. The lowest BCUT2D eigenvalue weighted by Gasteiger charge is -1.99. The Kier molecular flexibility index (Phi) is 3.11. The number of nitrogens with zero attached hydrogens (tertiary/aromatic N) is 1. The number of hydrogen-bond acceptors (Lipinski definition) is 3. The zero-order chi connectivity index (χ0) is 9.14. The first-order valence-electron chi connectivity index (χ1n) is 3.57. The van der Waals surface area contributed by atoms with Crippen LogP contribution in [0.2, 0.25) is 0 Å².